The van der Waals surface area contributed by atoms with Crippen LogP contribution in [-0.2, 0) is 7.05 Å². The standard InChI is InChI=1S/C14H16N2O2/c1-9-15-11-7-10(3-4-12(11)16(9)2)13(18)14(8-17)5-6-14/h3-4,7,17H,5-6,8H2,1-2H3. The maximum atomic E-state index is 12.3. The molecule has 0 unspecified atom stereocenters. The number of carbonyl (C=O) groups excluding carboxylic acids is 1. The van der Waals surface area contributed by atoms with Crippen LogP contribution in [-0.4, -0.2) is 27.0 Å². The molecule has 1 aliphatic rings. The lowest BCUT2D eigenvalue weighted by molar-refractivity contribution is 0.0830. The van der Waals surface area contributed by atoms with Crippen LogP contribution in [0.5, 0.6) is 0 Å². The first kappa shape index (κ1) is 11.4. The van der Waals surface area contributed by atoms with Gasteiger partial charge in [0.2, 0.25) is 0 Å². The average Bonchev–Trinajstić information content (AvgIpc) is 3.12. The highest BCUT2D eigenvalue weighted by Crippen LogP contribution is 2.47. The highest BCUT2D eigenvalue weighted by molar-refractivity contribution is 6.04. The van der Waals surface area contributed by atoms with Crippen molar-refractivity contribution in [2.45, 2.75) is 19.8 Å². The third-order valence-corrected chi connectivity index (χ3v) is 4.00. The molecule has 4 heteroatoms. The van der Waals surface area contributed by atoms with Crippen LogP contribution < -0.4 is 0 Å². The predicted octanol–water partition coefficient (Wildman–Crippen LogP) is 1.84. The second kappa shape index (κ2) is 3.65. The van der Waals surface area contributed by atoms with Crippen LogP contribution >= 0.6 is 0 Å². The van der Waals surface area contributed by atoms with Gasteiger partial charge < -0.3 is 9.67 Å². The maximum absolute atomic E-state index is 12.3. The summed E-state index contributed by atoms with van der Waals surface area (Å²) in [6.07, 6.45) is 1.59. The molecule has 2 aromatic rings. The minimum absolute atomic E-state index is 0.0505. The number of rotatable bonds is 3. The number of nitrogens with zero attached hydrogens (tertiary/aromatic N) is 2. The number of aryl methyl sites for hydroxylation is 2. The summed E-state index contributed by atoms with van der Waals surface area (Å²) in [6.45, 7) is 1.89. The molecule has 1 aromatic carbocycles. The van der Waals surface area contributed by atoms with E-state index < -0.39 is 5.41 Å². The molecule has 1 aliphatic carbocycles. The largest absolute Gasteiger partial charge is 0.395 e. The number of hydrogen-bond acceptors (Lipinski definition) is 3. The molecule has 0 spiro atoms. The molecule has 18 heavy (non-hydrogen) atoms. The number of aliphatic hydroxyl groups is 1. The minimum Gasteiger partial charge on any atom is -0.395 e. The molecule has 1 N–H and O–H groups in total. The van der Waals surface area contributed by atoms with Crippen molar-refractivity contribution in [2.24, 2.45) is 12.5 Å². The third kappa shape index (κ3) is 1.49. The number of imidazole rings is 1. The lowest BCUT2D eigenvalue weighted by Crippen LogP contribution is -2.19. The highest BCUT2D eigenvalue weighted by atomic mass is 16.3. The van der Waals surface area contributed by atoms with Crippen molar-refractivity contribution in [3.63, 3.8) is 0 Å². The van der Waals surface area contributed by atoms with Crippen molar-refractivity contribution < 1.29 is 9.90 Å². The summed E-state index contributed by atoms with van der Waals surface area (Å²) in [5, 5.41) is 9.31. The Hall–Kier alpha value is -1.68. The number of ketones is 1. The molecule has 1 aromatic heterocycles. The molecule has 1 saturated carbocycles. The lowest BCUT2D eigenvalue weighted by Gasteiger charge is -2.10. The average molecular weight is 244 g/mol. The molecule has 94 valence electrons. The Labute approximate surface area is 105 Å². The van der Waals surface area contributed by atoms with Gasteiger partial charge in [-0.2, -0.15) is 0 Å². The van der Waals surface area contributed by atoms with Gasteiger partial charge in [-0.1, -0.05) is 0 Å². The summed E-state index contributed by atoms with van der Waals surface area (Å²) in [5.74, 6) is 0.980. The number of benzene rings is 1. The first-order valence-corrected chi connectivity index (χ1v) is 6.16. The maximum Gasteiger partial charge on any atom is 0.171 e. The van der Waals surface area contributed by atoms with Crippen LogP contribution in [0.25, 0.3) is 11.0 Å². The van der Waals surface area contributed by atoms with Crippen LogP contribution in [0.15, 0.2) is 18.2 Å². The summed E-state index contributed by atoms with van der Waals surface area (Å²) in [4.78, 5) is 16.7. The SMILES string of the molecule is Cc1nc2cc(C(=O)C3(CO)CC3)ccc2n1C. The molecule has 3 rings (SSSR count). The fourth-order valence-electron chi connectivity index (χ4n) is 2.38. The predicted molar refractivity (Wildman–Crippen MR) is 68.5 cm³/mol. The van der Waals surface area contributed by atoms with Gasteiger partial charge in [0.1, 0.15) is 5.82 Å². The monoisotopic (exact) mass is 244 g/mol. The zero-order chi connectivity index (χ0) is 12.9. The number of aromatic nitrogens is 2. The van der Waals surface area contributed by atoms with Crippen LogP contribution in [0.2, 0.25) is 0 Å². The number of aliphatic hydroxyl groups excluding tert-OH is 1. The quantitative estimate of drug-likeness (QED) is 0.838. The van der Waals surface area contributed by atoms with Crippen LogP contribution in [0.3, 0.4) is 0 Å². The van der Waals surface area contributed by atoms with Crippen molar-refractivity contribution >= 4 is 16.8 Å². The second-order valence-electron chi connectivity index (χ2n) is 5.19. The van der Waals surface area contributed by atoms with Crippen molar-refractivity contribution in [2.75, 3.05) is 6.61 Å². The Morgan fingerprint density at radius 3 is 2.83 bits per heavy atom. The van der Waals surface area contributed by atoms with Crippen LogP contribution in [0.4, 0.5) is 0 Å². The van der Waals surface area contributed by atoms with E-state index >= 15 is 0 Å². The zero-order valence-corrected chi connectivity index (χ0v) is 10.6. The number of hydrogen-bond donors (Lipinski definition) is 1. The van der Waals surface area contributed by atoms with E-state index in [0.717, 1.165) is 29.7 Å². The molecule has 0 atom stereocenters. The molecular weight excluding hydrogens is 228 g/mol. The molecule has 0 amide bonds. The minimum atomic E-state index is -0.502. The van der Waals surface area contributed by atoms with E-state index in [9.17, 15) is 9.90 Å². The van der Waals surface area contributed by atoms with Crippen molar-refractivity contribution in [1.29, 1.82) is 0 Å². The molecule has 0 aliphatic heterocycles. The van der Waals surface area contributed by atoms with Crippen molar-refractivity contribution in [1.82, 2.24) is 9.55 Å². The second-order valence-corrected chi connectivity index (χ2v) is 5.19. The highest BCUT2D eigenvalue weighted by Gasteiger charge is 2.49. The van der Waals surface area contributed by atoms with Gasteiger partial charge in [-0.25, -0.2) is 4.98 Å². The van der Waals surface area contributed by atoms with Gasteiger partial charge in [-0.3, -0.25) is 4.79 Å². The Balaban J connectivity index is 2.06. The Bertz CT molecular complexity index is 639. The van der Waals surface area contributed by atoms with Crippen LogP contribution in [0, 0.1) is 12.3 Å². The number of Topliss-reactive ketones (excluding diaryl/α,β-unsaturated/α-hetero) is 1. The van der Waals surface area contributed by atoms with Gasteiger partial charge in [0.15, 0.2) is 5.78 Å². The molecule has 4 nitrogen and oxygen atoms in total. The smallest absolute Gasteiger partial charge is 0.171 e. The Kier molecular flexibility index (Phi) is 2.32. The van der Waals surface area contributed by atoms with Crippen molar-refractivity contribution in [3.05, 3.63) is 29.6 Å². The van der Waals surface area contributed by atoms with E-state index in [0.29, 0.717) is 5.56 Å². The van der Waals surface area contributed by atoms with E-state index in [4.69, 9.17) is 0 Å². The van der Waals surface area contributed by atoms with E-state index in [1.807, 2.05) is 36.7 Å². The topological polar surface area (TPSA) is 55.1 Å². The molecule has 0 saturated heterocycles. The molecule has 1 heterocycles. The van der Waals surface area contributed by atoms with Gasteiger partial charge in [0.25, 0.3) is 0 Å². The summed E-state index contributed by atoms with van der Waals surface area (Å²) >= 11 is 0. The number of carbonyl (C=O) groups is 1. The van der Waals surface area contributed by atoms with Gasteiger partial charge in [-0.15, -0.1) is 0 Å². The number of fused-ring (bicyclic) bond motifs is 1. The van der Waals surface area contributed by atoms with E-state index in [2.05, 4.69) is 4.98 Å². The molecule has 1 fully saturated rings. The summed E-state index contributed by atoms with van der Waals surface area (Å²) in [5.41, 5.74) is 2.02. The third-order valence-electron chi connectivity index (χ3n) is 4.00. The summed E-state index contributed by atoms with van der Waals surface area (Å²) in [7, 11) is 1.96. The van der Waals surface area contributed by atoms with Gasteiger partial charge in [0.05, 0.1) is 23.1 Å². The fraction of sp³-hybridized carbons (Fsp3) is 0.429. The van der Waals surface area contributed by atoms with E-state index in [1.165, 1.54) is 0 Å². The zero-order valence-electron chi connectivity index (χ0n) is 10.6. The van der Waals surface area contributed by atoms with Gasteiger partial charge >= 0.3 is 0 Å². The fourth-order valence-corrected chi connectivity index (χ4v) is 2.38. The lowest BCUT2D eigenvalue weighted by atomic mass is 9.95. The molecule has 0 radical (unpaired) electrons. The first-order valence-electron chi connectivity index (χ1n) is 6.16. The van der Waals surface area contributed by atoms with Crippen molar-refractivity contribution in [3.8, 4) is 0 Å². The summed E-state index contributed by atoms with van der Waals surface area (Å²) in [6, 6.07) is 5.60. The Morgan fingerprint density at radius 1 is 1.50 bits per heavy atom. The normalized spacial score (nSPS) is 17.1. The van der Waals surface area contributed by atoms with Gasteiger partial charge in [-0.05, 0) is 38.0 Å². The summed E-state index contributed by atoms with van der Waals surface area (Å²) < 4.78 is 2.00. The van der Waals surface area contributed by atoms with E-state index in [-0.39, 0.29) is 12.4 Å². The first-order chi connectivity index (χ1) is 8.57. The van der Waals surface area contributed by atoms with Gasteiger partial charge in [0, 0.05) is 12.6 Å². The Morgan fingerprint density at radius 2 is 2.22 bits per heavy atom. The van der Waals surface area contributed by atoms with E-state index in [1.54, 1.807) is 0 Å². The molecular formula is C14H16N2O2. The molecule has 0 bridgehead atoms. The van der Waals surface area contributed by atoms with Crippen LogP contribution in [0.1, 0.15) is 29.0 Å².